The van der Waals surface area contributed by atoms with Gasteiger partial charge in [0.25, 0.3) is 0 Å². The molecule has 0 bridgehead atoms. The fraction of sp³-hybridized carbons (Fsp3) is 1.00. The molecule has 1 fully saturated rings. The molecule has 1 heterocycles. The lowest BCUT2D eigenvalue weighted by Gasteiger charge is -2.49. The molecule has 1 saturated heterocycles. The van der Waals surface area contributed by atoms with E-state index < -0.39 is 0 Å². The molecular weight excluding hydrogens is 172 g/mol. The van der Waals surface area contributed by atoms with Crippen molar-refractivity contribution in [2.75, 3.05) is 13.1 Å². The number of hydrogen-bond acceptors (Lipinski definition) is 2. The molecule has 0 radical (unpaired) electrons. The van der Waals surface area contributed by atoms with Gasteiger partial charge in [0.1, 0.15) is 0 Å². The van der Waals surface area contributed by atoms with Crippen LogP contribution in [0.15, 0.2) is 0 Å². The summed E-state index contributed by atoms with van der Waals surface area (Å²) in [6, 6.07) is 0.667. The molecule has 1 aliphatic rings. The Morgan fingerprint density at radius 1 is 1.29 bits per heavy atom. The molecule has 0 aromatic rings. The predicted molar refractivity (Wildman–Crippen MR) is 62.6 cm³/mol. The van der Waals surface area contributed by atoms with Gasteiger partial charge in [-0.05, 0) is 54.5 Å². The molecule has 0 aliphatic carbocycles. The Morgan fingerprint density at radius 2 is 1.86 bits per heavy atom. The Balaban J connectivity index is 2.93. The zero-order valence-corrected chi connectivity index (χ0v) is 10.6. The second-order valence-electron chi connectivity index (χ2n) is 6.17. The first-order chi connectivity index (χ1) is 6.25. The molecule has 0 spiro atoms. The summed E-state index contributed by atoms with van der Waals surface area (Å²) in [6.45, 7) is 16.2. The smallest absolute Gasteiger partial charge is 0.0285 e. The van der Waals surface area contributed by atoms with Crippen LogP contribution in [0.3, 0.4) is 0 Å². The summed E-state index contributed by atoms with van der Waals surface area (Å²) >= 11 is 0. The fourth-order valence-electron chi connectivity index (χ4n) is 3.09. The van der Waals surface area contributed by atoms with E-state index in [1.54, 1.807) is 0 Å². The maximum absolute atomic E-state index is 3.53. The standard InChI is InChI=1S/C12H26N2/c1-10-7-8-13-9-12(5,6)14(10)11(2,3)4/h10,13H,7-9H2,1-6H3. The van der Waals surface area contributed by atoms with Gasteiger partial charge in [0.05, 0.1) is 0 Å². The first-order valence-electron chi connectivity index (χ1n) is 5.75. The minimum absolute atomic E-state index is 0.258. The third kappa shape index (κ3) is 2.48. The van der Waals surface area contributed by atoms with E-state index in [1.807, 2.05) is 0 Å². The lowest BCUT2D eigenvalue weighted by Crippen LogP contribution is -2.59. The SMILES string of the molecule is CC1CCNCC(C)(C)N1C(C)(C)C. The Hall–Kier alpha value is -0.0800. The van der Waals surface area contributed by atoms with Crippen LogP contribution in [0.25, 0.3) is 0 Å². The van der Waals surface area contributed by atoms with E-state index in [0.717, 1.165) is 13.1 Å². The van der Waals surface area contributed by atoms with Gasteiger partial charge in [-0.3, -0.25) is 4.90 Å². The van der Waals surface area contributed by atoms with Gasteiger partial charge in [0, 0.05) is 23.7 Å². The molecule has 2 heteroatoms. The van der Waals surface area contributed by atoms with Crippen molar-refractivity contribution < 1.29 is 0 Å². The number of hydrogen-bond donors (Lipinski definition) is 1. The summed E-state index contributed by atoms with van der Waals surface area (Å²) in [5.74, 6) is 0. The van der Waals surface area contributed by atoms with Gasteiger partial charge in [-0.15, -0.1) is 0 Å². The van der Waals surface area contributed by atoms with E-state index in [1.165, 1.54) is 6.42 Å². The Kier molecular flexibility index (Phi) is 3.27. The predicted octanol–water partition coefficient (Wildman–Crippen LogP) is 2.25. The lowest BCUT2D eigenvalue weighted by molar-refractivity contribution is 0.000706. The first kappa shape index (κ1) is 12.0. The fourth-order valence-corrected chi connectivity index (χ4v) is 3.09. The molecular formula is C12H26N2. The highest BCUT2D eigenvalue weighted by Gasteiger charge is 2.39. The summed E-state index contributed by atoms with van der Waals surface area (Å²) in [4.78, 5) is 2.65. The normalized spacial score (nSPS) is 30.0. The van der Waals surface area contributed by atoms with Gasteiger partial charge >= 0.3 is 0 Å². The molecule has 1 unspecified atom stereocenters. The van der Waals surface area contributed by atoms with Crippen LogP contribution < -0.4 is 5.32 Å². The average Bonchev–Trinajstić information content (AvgIpc) is 2.05. The number of nitrogens with one attached hydrogen (secondary N) is 1. The van der Waals surface area contributed by atoms with E-state index in [-0.39, 0.29) is 11.1 Å². The third-order valence-electron chi connectivity index (χ3n) is 3.11. The van der Waals surface area contributed by atoms with Crippen LogP contribution in [0.1, 0.15) is 48.0 Å². The van der Waals surface area contributed by atoms with Gasteiger partial charge in [0.15, 0.2) is 0 Å². The quantitative estimate of drug-likeness (QED) is 0.642. The molecule has 14 heavy (non-hydrogen) atoms. The largest absolute Gasteiger partial charge is 0.315 e. The minimum Gasteiger partial charge on any atom is -0.315 e. The van der Waals surface area contributed by atoms with Crippen LogP contribution in [0.5, 0.6) is 0 Å². The molecule has 0 aromatic carbocycles. The summed E-state index contributed by atoms with van der Waals surface area (Å²) in [5, 5.41) is 3.53. The van der Waals surface area contributed by atoms with Crippen LogP contribution in [-0.2, 0) is 0 Å². The van der Waals surface area contributed by atoms with E-state index in [9.17, 15) is 0 Å². The van der Waals surface area contributed by atoms with Crippen LogP contribution >= 0.6 is 0 Å². The van der Waals surface area contributed by atoms with Crippen molar-refractivity contribution in [2.45, 2.75) is 65.1 Å². The molecule has 1 N–H and O–H groups in total. The van der Waals surface area contributed by atoms with E-state index >= 15 is 0 Å². The van der Waals surface area contributed by atoms with Crippen molar-refractivity contribution in [2.24, 2.45) is 0 Å². The molecule has 0 saturated carbocycles. The number of rotatable bonds is 0. The van der Waals surface area contributed by atoms with Crippen molar-refractivity contribution in [3.8, 4) is 0 Å². The maximum atomic E-state index is 3.53. The highest BCUT2D eigenvalue weighted by atomic mass is 15.3. The third-order valence-corrected chi connectivity index (χ3v) is 3.11. The second kappa shape index (κ2) is 3.82. The highest BCUT2D eigenvalue weighted by Crippen LogP contribution is 2.29. The zero-order chi connectivity index (χ0) is 11.0. The monoisotopic (exact) mass is 198 g/mol. The summed E-state index contributed by atoms with van der Waals surface area (Å²) < 4.78 is 0. The van der Waals surface area contributed by atoms with Gasteiger partial charge in [0.2, 0.25) is 0 Å². The van der Waals surface area contributed by atoms with Gasteiger partial charge < -0.3 is 5.32 Å². The summed E-state index contributed by atoms with van der Waals surface area (Å²) in [7, 11) is 0. The van der Waals surface area contributed by atoms with Gasteiger partial charge in [-0.2, -0.15) is 0 Å². The molecule has 1 rings (SSSR count). The van der Waals surface area contributed by atoms with Crippen molar-refractivity contribution >= 4 is 0 Å². The summed E-state index contributed by atoms with van der Waals surface area (Å²) in [5.41, 5.74) is 0.517. The molecule has 1 aliphatic heterocycles. The van der Waals surface area contributed by atoms with Crippen LogP contribution in [0.2, 0.25) is 0 Å². The van der Waals surface area contributed by atoms with Crippen LogP contribution in [0, 0.1) is 0 Å². The van der Waals surface area contributed by atoms with E-state index in [0.29, 0.717) is 6.04 Å². The zero-order valence-electron chi connectivity index (χ0n) is 10.6. The summed E-state index contributed by atoms with van der Waals surface area (Å²) in [6.07, 6.45) is 1.25. The van der Waals surface area contributed by atoms with Crippen molar-refractivity contribution in [1.29, 1.82) is 0 Å². The molecule has 84 valence electrons. The van der Waals surface area contributed by atoms with E-state index in [4.69, 9.17) is 0 Å². The van der Waals surface area contributed by atoms with Gasteiger partial charge in [-0.1, -0.05) is 0 Å². The number of nitrogens with zero attached hydrogens (tertiary/aromatic N) is 1. The second-order valence-corrected chi connectivity index (χ2v) is 6.17. The molecule has 1 atom stereocenters. The average molecular weight is 198 g/mol. The van der Waals surface area contributed by atoms with Crippen LogP contribution in [0.4, 0.5) is 0 Å². The molecule has 0 amide bonds. The highest BCUT2D eigenvalue weighted by molar-refractivity contribution is 4.96. The maximum Gasteiger partial charge on any atom is 0.0285 e. The Bertz CT molecular complexity index is 191. The first-order valence-corrected chi connectivity index (χ1v) is 5.75. The minimum atomic E-state index is 0.258. The molecule has 0 aromatic heterocycles. The topological polar surface area (TPSA) is 15.3 Å². The lowest BCUT2D eigenvalue weighted by atomic mass is 9.92. The molecule has 2 nitrogen and oxygen atoms in total. The van der Waals surface area contributed by atoms with E-state index in [2.05, 4.69) is 51.8 Å². The Labute approximate surface area is 89.1 Å². The van der Waals surface area contributed by atoms with Gasteiger partial charge in [-0.25, -0.2) is 0 Å². The van der Waals surface area contributed by atoms with Crippen LogP contribution in [-0.4, -0.2) is 35.1 Å². The van der Waals surface area contributed by atoms with Crippen molar-refractivity contribution in [1.82, 2.24) is 10.2 Å². The van der Waals surface area contributed by atoms with Crippen molar-refractivity contribution in [3.05, 3.63) is 0 Å². The Morgan fingerprint density at radius 3 is 2.36 bits per heavy atom. The van der Waals surface area contributed by atoms with Crippen molar-refractivity contribution in [3.63, 3.8) is 0 Å².